The summed E-state index contributed by atoms with van der Waals surface area (Å²) >= 11 is 0. The van der Waals surface area contributed by atoms with Gasteiger partial charge in [-0.3, -0.25) is 0 Å². The van der Waals surface area contributed by atoms with Crippen molar-refractivity contribution >= 4 is 39.0 Å². The quantitative estimate of drug-likeness (QED) is 0.174. The van der Waals surface area contributed by atoms with E-state index in [1.165, 1.54) is 0 Å². The Kier molecular flexibility index (Phi) is 2.76. The van der Waals surface area contributed by atoms with E-state index in [0.29, 0.717) is 0 Å². The highest BCUT2D eigenvalue weighted by Gasteiger charge is 2.51. The first-order valence-corrected chi connectivity index (χ1v) is 16.8. The van der Waals surface area contributed by atoms with Crippen molar-refractivity contribution in [2.45, 2.75) is 5.41 Å². The molecule has 0 bridgehead atoms. The molecule has 10 aromatic rings. The van der Waals surface area contributed by atoms with E-state index in [1.54, 1.807) is 0 Å². The lowest BCUT2D eigenvalue weighted by molar-refractivity contribution is 0.670. The highest BCUT2D eigenvalue weighted by atomic mass is 16.3. The zero-order valence-electron chi connectivity index (χ0n) is 63.4. The molecule has 266 valence electrons. The van der Waals surface area contributed by atoms with Crippen LogP contribution >= 0.6 is 0 Å². The number of benzene rings is 9. The number of fused-ring (bicyclic) bond motifs is 13. The zero-order valence-corrected chi connectivity index (χ0v) is 28.4. The number of para-hydroxylation sites is 3. The van der Waals surface area contributed by atoms with Crippen molar-refractivity contribution in [1.29, 1.82) is 0 Å². The van der Waals surface area contributed by atoms with Crippen molar-refractivity contribution in [3.05, 3.63) is 234 Å². The summed E-state index contributed by atoms with van der Waals surface area (Å²) in [5, 5.41) is -1.06. The Morgan fingerprint density at radius 1 is 0.368 bits per heavy atom. The van der Waals surface area contributed by atoms with E-state index in [-0.39, 0.29) is 4.90 Å². The lowest BCUT2D eigenvalue weighted by Gasteiger charge is -2.32. The van der Waals surface area contributed by atoms with Crippen LogP contribution < -0.4 is 4.90 Å². The molecule has 0 unspecified atom stereocenters. The molecular formula is C55H35NO. The third-order valence-corrected chi connectivity index (χ3v) is 9.75. The molecule has 0 N–H and O–H groups in total. The number of anilines is 3. The van der Waals surface area contributed by atoms with Gasteiger partial charge >= 0.3 is 0 Å². The van der Waals surface area contributed by atoms with Crippen molar-refractivity contribution in [1.82, 2.24) is 0 Å². The highest BCUT2D eigenvalue weighted by Crippen LogP contribution is 2.63. The Bertz CT molecular complexity index is 5090. The van der Waals surface area contributed by atoms with Gasteiger partial charge in [-0.15, -0.1) is 0 Å². The van der Waals surface area contributed by atoms with E-state index in [1.807, 2.05) is 0 Å². The minimum Gasteiger partial charge on any atom is -0.455 e. The minimum atomic E-state index is -3.11. The van der Waals surface area contributed by atoms with E-state index in [4.69, 9.17) is 27.7 Å². The number of rotatable bonds is 5. The maximum Gasteiger partial charge on any atom is 0.143 e. The molecule has 1 aromatic heterocycles. The molecule has 2 aliphatic rings. The predicted octanol–water partition coefficient (Wildman–Crippen LogP) is 14.7. The average molecular weight is 761 g/mol. The van der Waals surface area contributed by atoms with E-state index in [9.17, 15) is 24.7 Å². The number of furan rings is 1. The molecule has 2 aliphatic carbocycles. The van der Waals surface area contributed by atoms with Gasteiger partial charge in [0, 0.05) is 33.3 Å². The van der Waals surface area contributed by atoms with Crippen molar-refractivity contribution < 1.29 is 52.4 Å². The second-order valence-corrected chi connectivity index (χ2v) is 12.5. The molecule has 0 radical (unpaired) electrons. The molecule has 2 nitrogen and oxygen atoms in total. The molecule has 1 heterocycles. The molecule has 0 fully saturated rings. The average Bonchev–Trinajstić information content (AvgIpc) is 1.47. The first kappa shape index (κ1) is 12.8. The Hall–Kier alpha value is -7.42. The number of nitrogens with zero attached hydrogens (tertiary/aromatic N) is 1. The lowest BCUT2D eigenvalue weighted by atomic mass is 9.70. The number of hydrogen-bond acceptors (Lipinski definition) is 2. The second kappa shape index (κ2) is 12.3. The van der Waals surface area contributed by atoms with Crippen molar-refractivity contribution in [2.24, 2.45) is 0 Å². The van der Waals surface area contributed by atoms with Crippen molar-refractivity contribution in [3.8, 4) is 44.5 Å². The third-order valence-electron chi connectivity index (χ3n) is 9.75. The van der Waals surface area contributed by atoms with Gasteiger partial charge in [0.15, 0.2) is 0 Å². The van der Waals surface area contributed by atoms with Crippen LogP contribution in [0.15, 0.2) is 216 Å². The maximum absolute atomic E-state index is 10.8. The van der Waals surface area contributed by atoms with Gasteiger partial charge in [-0.25, -0.2) is 0 Å². The van der Waals surface area contributed by atoms with Crippen LogP contribution in [0, 0.1) is 0 Å². The summed E-state index contributed by atoms with van der Waals surface area (Å²) in [5.41, 5.74) is -18.9. The van der Waals surface area contributed by atoms with E-state index < -0.39 is 323 Å². The fraction of sp³-hybridized carbons (Fsp3) is 0.0182. The van der Waals surface area contributed by atoms with Crippen LogP contribution in [-0.4, -0.2) is 0 Å². The summed E-state index contributed by atoms with van der Waals surface area (Å²) in [7, 11) is 0. The van der Waals surface area contributed by atoms with Crippen LogP contribution in [0.5, 0.6) is 0 Å². The van der Waals surface area contributed by atoms with Crippen LogP contribution in [0.3, 0.4) is 0 Å². The van der Waals surface area contributed by atoms with Gasteiger partial charge in [0.2, 0.25) is 0 Å². The summed E-state index contributed by atoms with van der Waals surface area (Å²) in [6.45, 7) is 0. The van der Waals surface area contributed by atoms with Gasteiger partial charge in [-0.2, -0.15) is 0 Å². The van der Waals surface area contributed by atoms with Gasteiger partial charge < -0.3 is 9.32 Å². The molecule has 12 rings (SSSR count). The summed E-state index contributed by atoms with van der Waals surface area (Å²) in [6.07, 6.45) is 0. The van der Waals surface area contributed by atoms with Crippen LogP contribution in [0.4, 0.5) is 17.1 Å². The normalized spacial score (nSPS) is 21.6. The molecule has 0 saturated heterocycles. The predicted molar refractivity (Wildman–Crippen MR) is 236 cm³/mol. The third kappa shape index (κ3) is 4.53. The maximum atomic E-state index is 10.8. The summed E-state index contributed by atoms with van der Waals surface area (Å²) < 4.78 is 330. The fourth-order valence-corrected chi connectivity index (χ4v) is 7.48. The van der Waals surface area contributed by atoms with Gasteiger partial charge in [-0.1, -0.05) is 175 Å². The standard InChI is InChI=1S/C55H35NO/c1-2-15-36(16-3-1)40-17-7-12-27-52(40)56(38-31-29-37(30-32-38)41-22-14-23-47-46-21-8-13-28-53(46)57-54(41)47)39-33-34-45-44-20-6-11-26-50(44)55(51(45)35-39)48-24-9-4-18-42(48)43-19-5-10-25-49(43)55/h1-35H/i1D,2D,3D,4D,5D,6D,7D,8D,9D,10D,11D,12D,13D,14D,15D,16D,17D,18D,19D,20D,21D,22D,23D,24D,25D,26D,27D,28D,29D,30D,31D,32D,33D,34D,35D. The van der Waals surface area contributed by atoms with Crippen molar-refractivity contribution in [3.63, 3.8) is 0 Å². The molecule has 0 amide bonds. The van der Waals surface area contributed by atoms with Crippen LogP contribution in [0.2, 0.25) is 0 Å². The Morgan fingerprint density at radius 3 is 1.58 bits per heavy atom. The second-order valence-electron chi connectivity index (χ2n) is 12.5. The monoisotopic (exact) mass is 760 g/mol. The van der Waals surface area contributed by atoms with Crippen LogP contribution in [-0.2, 0) is 5.41 Å². The minimum absolute atomic E-state index is 0.260. The van der Waals surface area contributed by atoms with E-state index in [2.05, 4.69) is 0 Å². The Morgan fingerprint density at radius 2 is 0.877 bits per heavy atom. The van der Waals surface area contributed by atoms with Gasteiger partial charge in [0.1, 0.15) is 11.2 Å². The zero-order chi connectivity index (χ0) is 68.0. The smallest absolute Gasteiger partial charge is 0.143 e. The molecule has 0 aliphatic heterocycles. The van der Waals surface area contributed by atoms with Crippen molar-refractivity contribution in [2.75, 3.05) is 4.90 Å². The Balaban J connectivity index is 1.35. The molecule has 57 heavy (non-hydrogen) atoms. The summed E-state index contributed by atoms with van der Waals surface area (Å²) in [4.78, 5) is 0.260. The summed E-state index contributed by atoms with van der Waals surface area (Å²) in [6, 6.07) is -39.0. The SMILES string of the molecule is [2H]c1c([2H])c([2H])c(-c2c([2H])c([2H])c([2H])c([2H])c2N(c2c([2H])c([2H])c(-c3c([2H])c([2H])c([2H])c4c3oc3c([2H])c([2H])c([2H])c([2H])c34)c([2H])c2[2H])c2c([2H])c([2H])c3c(c2[2H])C2(c4c([2H])c([2H])c([2H])c([2H])c4-c4c([2H])c([2H])c([2H])c([2H])c42)c2c([2H])c([2H])c([2H])c([2H])c2-3)c([2H])c1[2H]. The fourth-order valence-electron chi connectivity index (χ4n) is 7.48. The lowest BCUT2D eigenvalue weighted by Crippen LogP contribution is -2.26. The van der Waals surface area contributed by atoms with Gasteiger partial charge in [0.05, 0.1) is 59.1 Å². The Labute approximate surface area is 380 Å². The largest absolute Gasteiger partial charge is 0.455 e. The van der Waals surface area contributed by atoms with Gasteiger partial charge in [0.25, 0.3) is 0 Å². The molecular weight excluding hydrogens is 691 g/mol. The first-order chi connectivity index (χ1) is 42.8. The number of hydrogen-bond donors (Lipinski definition) is 0. The summed E-state index contributed by atoms with van der Waals surface area (Å²) in [5.74, 6) is 0. The molecule has 1 spiro atoms. The first-order valence-electron chi connectivity index (χ1n) is 34.3. The van der Waals surface area contributed by atoms with E-state index in [0.717, 1.165) is 0 Å². The van der Waals surface area contributed by atoms with Crippen LogP contribution in [0.25, 0.3) is 66.4 Å². The van der Waals surface area contributed by atoms with Crippen LogP contribution in [0.1, 0.15) is 70.2 Å². The highest BCUT2D eigenvalue weighted by molar-refractivity contribution is 6.09. The molecule has 0 saturated carbocycles. The molecule has 9 aromatic carbocycles. The van der Waals surface area contributed by atoms with E-state index >= 15 is 0 Å². The molecule has 0 atom stereocenters. The molecule has 2 heteroatoms. The van der Waals surface area contributed by atoms with Gasteiger partial charge in [-0.05, 0) is 91.9 Å². The topological polar surface area (TPSA) is 16.4 Å².